The van der Waals surface area contributed by atoms with Crippen LogP contribution < -0.4 is 5.32 Å². The number of nitrogens with one attached hydrogen (secondary N) is 1. The van der Waals surface area contributed by atoms with Gasteiger partial charge in [-0.15, -0.1) is 0 Å². The molecule has 11 nitrogen and oxygen atoms in total. The van der Waals surface area contributed by atoms with Crippen LogP contribution in [0.15, 0.2) is 60.8 Å². The summed E-state index contributed by atoms with van der Waals surface area (Å²) in [6.07, 6.45) is 60.0. The van der Waals surface area contributed by atoms with Gasteiger partial charge >= 0.3 is 5.97 Å². The van der Waals surface area contributed by atoms with Crippen LogP contribution in [0.1, 0.15) is 297 Å². The smallest absolute Gasteiger partial charge is 0.306 e. The molecule has 1 aliphatic rings. The second-order valence-corrected chi connectivity index (χ2v) is 22.9. The van der Waals surface area contributed by atoms with E-state index < -0.39 is 67.4 Å². The molecule has 79 heavy (non-hydrogen) atoms. The van der Waals surface area contributed by atoms with E-state index in [0.29, 0.717) is 12.8 Å². The van der Waals surface area contributed by atoms with Gasteiger partial charge in [-0.25, -0.2) is 0 Å². The van der Waals surface area contributed by atoms with Crippen molar-refractivity contribution in [2.24, 2.45) is 0 Å². The van der Waals surface area contributed by atoms with Gasteiger partial charge in [0, 0.05) is 12.8 Å². The van der Waals surface area contributed by atoms with Gasteiger partial charge in [0.15, 0.2) is 12.4 Å². The minimum absolute atomic E-state index is 0.0824. The zero-order chi connectivity index (χ0) is 57.5. The molecular formula is C68H123NO10. The van der Waals surface area contributed by atoms with E-state index in [2.05, 4.69) is 62.5 Å². The number of hydrogen-bond donors (Lipinski definition) is 6. The fourth-order valence-corrected chi connectivity index (χ4v) is 10.1. The lowest BCUT2D eigenvalue weighted by Gasteiger charge is -2.41. The van der Waals surface area contributed by atoms with Gasteiger partial charge in [0.05, 0.1) is 25.4 Å². The summed E-state index contributed by atoms with van der Waals surface area (Å²) in [5.74, 6) is -1.26. The maximum absolute atomic E-state index is 13.4. The van der Waals surface area contributed by atoms with Crippen LogP contribution in [0, 0.1) is 0 Å². The number of aliphatic hydroxyl groups is 5. The van der Waals surface area contributed by atoms with Gasteiger partial charge in [-0.2, -0.15) is 0 Å². The van der Waals surface area contributed by atoms with Crippen molar-refractivity contribution in [3.63, 3.8) is 0 Å². The summed E-state index contributed by atoms with van der Waals surface area (Å²) in [4.78, 5) is 26.5. The average Bonchev–Trinajstić information content (AvgIpc) is 3.48. The van der Waals surface area contributed by atoms with Crippen LogP contribution in [0.2, 0.25) is 0 Å². The van der Waals surface area contributed by atoms with Crippen LogP contribution in [0.3, 0.4) is 0 Å². The van der Waals surface area contributed by atoms with Crippen molar-refractivity contribution in [3.05, 3.63) is 60.8 Å². The van der Waals surface area contributed by atoms with Crippen LogP contribution in [0.25, 0.3) is 0 Å². The molecule has 1 rings (SSSR count). The highest BCUT2D eigenvalue weighted by molar-refractivity contribution is 5.81. The maximum Gasteiger partial charge on any atom is 0.306 e. The third kappa shape index (κ3) is 43.7. The van der Waals surface area contributed by atoms with Crippen LogP contribution in [0.5, 0.6) is 0 Å². The Morgan fingerprint density at radius 3 is 1.32 bits per heavy atom. The summed E-state index contributed by atoms with van der Waals surface area (Å²) in [6, 6.07) is -1.05. The Bertz CT molecular complexity index is 1510. The second kappa shape index (κ2) is 55.9. The third-order valence-corrected chi connectivity index (χ3v) is 15.4. The summed E-state index contributed by atoms with van der Waals surface area (Å²) in [5, 5.41) is 56.9. The van der Waals surface area contributed by atoms with Crippen LogP contribution >= 0.6 is 0 Å². The zero-order valence-electron chi connectivity index (χ0n) is 51.0. The SMILES string of the molecule is CCCCC/C=C\C/C=C\CCCCCCCCCCCCCCCCCC(=O)OC1C(OCC(NC(=O)C(O)C/C=C/C/C=C\CCCCCCCC)C(O)/C=C/CCCCCCCCCCCCC)OC(CO)C(O)C1O. The minimum atomic E-state index is -1.62. The molecule has 1 amide bonds. The van der Waals surface area contributed by atoms with E-state index in [0.717, 1.165) is 51.4 Å². The van der Waals surface area contributed by atoms with Crippen molar-refractivity contribution in [3.8, 4) is 0 Å². The molecule has 460 valence electrons. The molecule has 0 aromatic carbocycles. The number of amides is 1. The average molecular weight is 1110 g/mol. The molecule has 11 heteroatoms. The normalized spacial score (nSPS) is 19.2. The number of rotatable bonds is 56. The largest absolute Gasteiger partial charge is 0.454 e. The van der Waals surface area contributed by atoms with Gasteiger partial charge in [-0.1, -0.05) is 274 Å². The van der Waals surface area contributed by atoms with E-state index in [1.54, 1.807) is 12.2 Å². The first-order chi connectivity index (χ1) is 38.7. The lowest BCUT2D eigenvalue weighted by atomic mass is 9.99. The Labute approximate surface area is 484 Å². The van der Waals surface area contributed by atoms with E-state index >= 15 is 0 Å². The fraction of sp³-hybridized carbons (Fsp3) is 0.824. The molecule has 0 spiro atoms. The Hall–Kier alpha value is -2.64. The van der Waals surface area contributed by atoms with E-state index in [4.69, 9.17) is 14.2 Å². The summed E-state index contributed by atoms with van der Waals surface area (Å²) in [5.41, 5.74) is 0. The topological polar surface area (TPSA) is 175 Å². The minimum Gasteiger partial charge on any atom is -0.454 e. The standard InChI is InChI=1S/C68H123NO10/c1-4-7-10-13-16-19-22-25-26-27-28-29-30-31-32-33-34-35-36-38-41-44-47-50-53-56-63(73)79-66-65(75)64(74)62(57-70)78-68(66)77-58-59(60(71)54-51-48-45-42-40-37-23-20-17-14-11-8-5-2)69-67(76)61(72)55-52-49-46-43-39-24-21-18-15-12-9-6-3/h16,19,25-26,39,43,49,51-52,54,59-62,64-66,68,70-72,74-75H,4-15,17-18,20-24,27-38,40-42,44-48,50,53,55-58H2,1-3H3,(H,69,76)/b19-16-,26-25-,43-39-,52-49+,54-51+. The number of esters is 1. The van der Waals surface area contributed by atoms with Gasteiger partial charge in [0.1, 0.15) is 24.4 Å². The maximum atomic E-state index is 13.4. The van der Waals surface area contributed by atoms with Gasteiger partial charge in [-0.3, -0.25) is 9.59 Å². The summed E-state index contributed by atoms with van der Waals surface area (Å²) < 4.78 is 17.6. The number of aliphatic hydroxyl groups excluding tert-OH is 5. The number of ether oxygens (including phenoxy) is 3. The van der Waals surface area contributed by atoms with Gasteiger partial charge in [0.2, 0.25) is 5.91 Å². The molecule has 6 N–H and O–H groups in total. The quantitative estimate of drug-likeness (QED) is 0.0195. The monoisotopic (exact) mass is 1110 g/mol. The Kier molecular flexibility index (Phi) is 52.6. The summed E-state index contributed by atoms with van der Waals surface area (Å²) in [6.45, 7) is 5.74. The van der Waals surface area contributed by atoms with Crippen molar-refractivity contribution in [1.82, 2.24) is 5.32 Å². The lowest BCUT2D eigenvalue weighted by molar-refractivity contribution is -0.305. The molecule has 8 atom stereocenters. The highest BCUT2D eigenvalue weighted by atomic mass is 16.7. The number of allylic oxidation sites excluding steroid dienone is 8. The van der Waals surface area contributed by atoms with Crippen molar-refractivity contribution >= 4 is 11.9 Å². The van der Waals surface area contributed by atoms with E-state index in [1.807, 2.05) is 12.2 Å². The molecule has 8 unspecified atom stereocenters. The molecule has 1 saturated heterocycles. The first kappa shape index (κ1) is 74.4. The van der Waals surface area contributed by atoms with E-state index in [-0.39, 0.29) is 19.4 Å². The first-order valence-electron chi connectivity index (χ1n) is 33.1. The molecule has 1 aliphatic heterocycles. The van der Waals surface area contributed by atoms with Crippen LogP contribution in [0.4, 0.5) is 0 Å². The first-order valence-corrected chi connectivity index (χ1v) is 33.1. The Morgan fingerprint density at radius 2 is 0.873 bits per heavy atom. The van der Waals surface area contributed by atoms with Crippen molar-refractivity contribution < 1.29 is 49.3 Å². The molecule has 0 bridgehead atoms. The summed E-state index contributed by atoms with van der Waals surface area (Å²) in [7, 11) is 0. The van der Waals surface area contributed by atoms with Gasteiger partial charge in [0.25, 0.3) is 0 Å². The number of hydrogen-bond acceptors (Lipinski definition) is 10. The van der Waals surface area contributed by atoms with E-state index in [1.165, 1.54) is 199 Å². The van der Waals surface area contributed by atoms with Crippen LogP contribution in [-0.4, -0.2) is 99.6 Å². The molecule has 0 radical (unpaired) electrons. The van der Waals surface area contributed by atoms with Gasteiger partial charge < -0.3 is 45.1 Å². The van der Waals surface area contributed by atoms with Crippen molar-refractivity contribution in [1.29, 1.82) is 0 Å². The molecule has 1 fully saturated rings. The predicted octanol–water partition coefficient (Wildman–Crippen LogP) is 16.2. The van der Waals surface area contributed by atoms with Crippen molar-refractivity contribution in [2.45, 2.75) is 346 Å². The number of unbranched alkanes of at least 4 members (excludes halogenated alkanes) is 35. The summed E-state index contributed by atoms with van der Waals surface area (Å²) >= 11 is 0. The lowest BCUT2D eigenvalue weighted by Crippen LogP contribution is -2.61. The molecule has 0 aromatic rings. The fourth-order valence-electron chi connectivity index (χ4n) is 10.1. The molecule has 0 aliphatic carbocycles. The highest BCUT2D eigenvalue weighted by Gasteiger charge is 2.47. The zero-order valence-corrected chi connectivity index (χ0v) is 51.0. The van der Waals surface area contributed by atoms with E-state index in [9.17, 15) is 35.1 Å². The molecule has 1 heterocycles. The molecule has 0 saturated carbocycles. The van der Waals surface area contributed by atoms with Gasteiger partial charge in [-0.05, 0) is 70.6 Å². The molecule has 0 aromatic heterocycles. The Morgan fingerprint density at radius 1 is 0.494 bits per heavy atom. The van der Waals surface area contributed by atoms with Crippen molar-refractivity contribution in [2.75, 3.05) is 13.2 Å². The predicted molar refractivity (Wildman–Crippen MR) is 329 cm³/mol. The Balaban J connectivity index is 2.59. The highest BCUT2D eigenvalue weighted by Crippen LogP contribution is 2.26. The number of carbonyl (C=O) groups is 2. The second-order valence-electron chi connectivity index (χ2n) is 22.9. The number of carbonyl (C=O) groups excluding carboxylic acids is 2. The molecular weight excluding hydrogens is 991 g/mol. The third-order valence-electron chi connectivity index (χ3n) is 15.4. The van der Waals surface area contributed by atoms with Crippen LogP contribution in [-0.2, 0) is 23.8 Å².